The number of ether oxygens (including phenoxy) is 1. The van der Waals surface area contributed by atoms with Crippen LogP contribution in [0.15, 0.2) is 35.3 Å². The summed E-state index contributed by atoms with van der Waals surface area (Å²) < 4.78 is 5.45. The number of rotatable bonds is 9. The number of nitrogens with zero attached hydrogens (tertiary/aromatic N) is 2. The molecule has 0 aliphatic carbocycles. The summed E-state index contributed by atoms with van der Waals surface area (Å²) in [7, 11) is 0. The Morgan fingerprint density at radius 2 is 2.07 bits per heavy atom. The molecule has 1 aliphatic rings. The van der Waals surface area contributed by atoms with Gasteiger partial charge < -0.3 is 25.4 Å². The summed E-state index contributed by atoms with van der Waals surface area (Å²) in [5.74, 6) is 1.14. The van der Waals surface area contributed by atoms with Gasteiger partial charge in [0.2, 0.25) is 5.91 Å². The van der Waals surface area contributed by atoms with Crippen molar-refractivity contribution in [2.24, 2.45) is 10.9 Å². The van der Waals surface area contributed by atoms with Crippen LogP contribution in [-0.2, 0) is 9.53 Å². The molecule has 27 heavy (non-hydrogen) atoms. The fraction of sp³-hybridized carbons (Fsp3) is 0.600. The molecule has 2 unspecified atom stereocenters. The molecule has 7 heteroatoms. The largest absolute Gasteiger partial charge is 0.389 e. The standard InChI is InChI=1S/C20H32N4O3/c1-4-21-20(22-11-18(25)14-27-13-15(2)3)23-16-10-19(26)24(12-16)17-8-6-5-7-9-17/h5-9,15-16,18,25H,4,10-14H2,1-3H3,(H2,21,22,23). The van der Waals surface area contributed by atoms with Gasteiger partial charge >= 0.3 is 0 Å². The Morgan fingerprint density at radius 1 is 1.33 bits per heavy atom. The van der Waals surface area contributed by atoms with Gasteiger partial charge in [0.25, 0.3) is 0 Å². The van der Waals surface area contributed by atoms with E-state index in [1.165, 1.54) is 0 Å². The molecule has 2 rings (SSSR count). The van der Waals surface area contributed by atoms with Gasteiger partial charge in [0, 0.05) is 31.8 Å². The van der Waals surface area contributed by atoms with E-state index >= 15 is 0 Å². The van der Waals surface area contributed by atoms with Gasteiger partial charge in [-0.05, 0) is 25.0 Å². The number of anilines is 1. The number of para-hydroxylation sites is 1. The monoisotopic (exact) mass is 376 g/mol. The summed E-state index contributed by atoms with van der Waals surface area (Å²) in [6, 6.07) is 9.64. The van der Waals surface area contributed by atoms with Crippen molar-refractivity contribution < 1.29 is 14.6 Å². The Hall–Kier alpha value is -2.12. The van der Waals surface area contributed by atoms with Crippen molar-refractivity contribution in [3.8, 4) is 0 Å². The highest BCUT2D eigenvalue weighted by molar-refractivity contribution is 5.97. The lowest BCUT2D eigenvalue weighted by Crippen LogP contribution is -2.45. The zero-order chi connectivity index (χ0) is 19.6. The molecule has 7 nitrogen and oxygen atoms in total. The molecule has 0 bridgehead atoms. The molecule has 0 saturated carbocycles. The minimum atomic E-state index is -0.648. The van der Waals surface area contributed by atoms with E-state index in [0.717, 1.165) is 5.69 Å². The molecule has 0 spiro atoms. The Labute approximate surface area is 161 Å². The van der Waals surface area contributed by atoms with Crippen LogP contribution in [0.5, 0.6) is 0 Å². The summed E-state index contributed by atoms with van der Waals surface area (Å²) in [4.78, 5) is 18.6. The summed E-state index contributed by atoms with van der Waals surface area (Å²) in [5.41, 5.74) is 0.909. The smallest absolute Gasteiger partial charge is 0.229 e. The molecular formula is C20H32N4O3. The highest BCUT2D eigenvalue weighted by Crippen LogP contribution is 2.20. The Kier molecular flexibility index (Phi) is 8.54. The third kappa shape index (κ3) is 7.19. The molecular weight excluding hydrogens is 344 g/mol. The van der Waals surface area contributed by atoms with E-state index in [1.54, 1.807) is 4.90 Å². The van der Waals surface area contributed by atoms with Crippen LogP contribution in [0.25, 0.3) is 0 Å². The van der Waals surface area contributed by atoms with Crippen LogP contribution in [0.1, 0.15) is 27.2 Å². The van der Waals surface area contributed by atoms with Gasteiger partial charge in [0.15, 0.2) is 5.96 Å². The number of amides is 1. The van der Waals surface area contributed by atoms with E-state index < -0.39 is 6.10 Å². The maximum Gasteiger partial charge on any atom is 0.229 e. The Bertz CT molecular complexity index is 607. The predicted molar refractivity (Wildman–Crippen MR) is 108 cm³/mol. The number of aliphatic hydroxyl groups is 1. The van der Waals surface area contributed by atoms with E-state index in [-0.39, 0.29) is 25.1 Å². The first-order chi connectivity index (χ1) is 13.0. The SMILES string of the molecule is CCNC(=NCC(O)COCC(C)C)NC1CC(=O)N(c2ccccc2)C1. The number of carbonyl (C=O) groups excluding carboxylic acids is 1. The number of benzene rings is 1. The summed E-state index contributed by atoms with van der Waals surface area (Å²) in [6.45, 7) is 8.55. The van der Waals surface area contributed by atoms with Gasteiger partial charge in [-0.2, -0.15) is 0 Å². The van der Waals surface area contributed by atoms with Crippen molar-refractivity contribution in [1.29, 1.82) is 0 Å². The van der Waals surface area contributed by atoms with Crippen molar-refractivity contribution >= 4 is 17.6 Å². The third-order valence-electron chi connectivity index (χ3n) is 4.10. The minimum absolute atomic E-state index is 0.0233. The maximum atomic E-state index is 12.3. The maximum absolute atomic E-state index is 12.3. The van der Waals surface area contributed by atoms with Crippen molar-refractivity contribution in [2.75, 3.05) is 37.7 Å². The van der Waals surface area contributed by atoms with Crippen LogP contribution < -0.4 is 15.5 Å². The number of hydrogen-bond donors (Lipinski definition) is 3. The van der Waals surface area contributed by atoms with Crippen LogP contribution in [0, 0.1) is 5.92 Å². The van der Waals surface area contributed by atoms with Gasteiger partial charge in [0.1, 0.15) is 0 Å². The predicted octanol–water partition coefficient (Wildman–Crippen LogP) is 1.38. The lowest BCUT2D eigenvalue weighted by atomic mass is 10.2. The number of nitrogens with one attached hydrogen (secondary N) is 2. The molecule has 1 aromatic rings. The van der Waals surface area contributed by atoms with Crippen LogP contribution in [0.2, 0.25) is 0 Å². The quantitative estimate of drug-likeness (QED) is 0.448. The van der Waals surface area contributed by atoms with Crippen molar-refractivity contribution in [3.63, 3.8) is 0 Å². The Morgan fingerprint density at radius 3 is 2.74 bits per heavy atom. The average Bonchev–Trinajstić information content (AvgIpc) is 3.00. The second kappa shape index (κ2) is 10.9. The molecule has 0 radical (unpaired) electrons. The normalized spacial score (nSPS) is 18.9. The summed E-state index contributed by atoms with van der Waals surface area (Å²) in [5, 5.41) is 16.5. The summed E-state index contributed by atoms with van der Waals surface area (Å²) >= 11 is 0. The topological polar surface area (TPSA) is 86.2 Å². The van der Waals surface area contributed by atoms with E-state index in [9.17, 15) is 9.90 Å². The summed E-state index contributed by atoms with van der Waals surface area (Å²) in [6.07, 6.45) is -0.232. The molecule has 0 aromatic heterocycles. The second-order valence-corrected chi connectivity index (χ2v) is 7.19. The van der Waals surface area contributed by atoms with Crippen molar-refractivity contribution in [2.45, 2.75) is 39.3 Å². The molecule has 1 fully saturated rings. The second-order valence-electron chi connectivity index (χ2n) is 7.19. The lowest BCUT2D eigenvalue weighted by molar-refractivity contribution is -0.117. The first kappa shape index (κ1) is 21.2. The first-order valence-electron chi connectivity index (χ1n) is 9.65. The van der Waals surface area contributed by atoms with Gasteiger partial charge in [-0.1, -0.05) is 32.0 Å². The average molecular weight is 377 g/mol. The number of guanidine groups is 1. The molecule has 1 aromatic carbocycles. The number of aliphatic imine (C=N–C) groups is 1. The fourth-order valence-electron chi connectivity index (χ4n) is 2.86. The van der Waals surface area contributed by atoms with Gasteiger partial charge in [-0.15, -0.1) is 0 Å². The van der Waals surface area contributed by atoms with Gasteiger partial charge in [0.05, 0.1) is 25.3 Å². The molecule has 1 heterocycles. The molecule has 2 atom stereocenters. The van der Waals surface area contributed by atoms with Crippen molar-refractivity contribution in [3.05, 3.63) is 30.3 Å². The number of hydrogen-bond acceptors (Lipinski definition) is 4. The zero-order valence-electron chi connectivity index (χ0n) is 16.5. The number of carbonyl (C=O) groups is 1. The lowest BCUT2D eigenvalue weighted by Gasteiger charge is -2.19. The van der Waals surface area contributed by atoms with Crippen molar-refractivity contribution in [1.82, 2.24) is 10.6 Å². The molecule has 3 N–H and O–H groups in total. The highest BCUT2D eigenvalue weighted by Gasteiger charge is 2.31. The van der Waals surface area contributed by atoms with Gasteiger partial charge in [-0.3, -0.25) is 9.79 Å². The van der Waals surface area contributed by atoms with E-state index in [4.69, 9.17) is 4.74 Å². The van der Waals surface area contributed by atoms with Crippen LogP contribution in [0.3, 0.4) is 0 Å². The highest BCUT2D eigenvalue weighted by atomic mass is 16.5. The fourth-order valence-corrected chi connectivity index (χ4v) is 2.86. The Balaban J connectivity index is 1.87. The molecule has 1 aliphatic heterocycles. The minimum Gasteiger partial charge on any atom is -0.389 e. The third-order valence-corrected chi connectivity index (χ3v) is 4.10. The van der Waals surface area contributed by atoms with E-state index in [2.05, 4.69) is 29.5 Å². The van der Waals surface area contributed by atoms with Crippen LogP contribution >= 0.6 is 0 Å². The van der Waals surface area contributed by atoms with Crippen LogP contribution in [-0.4, -0.2) is 62.0 Å². The van der Waals surface area contributed by atoms with E-state index in [0.29, 0.717) is 38.0 Å². The molecule has 1 amide bonds. The van der Waals surface area contributed by atoms with Crippen LogP contribution in [0.4, 0.5) is 5.69 Å². The molecule has 150 valence electrons. The zero-order valence-corrected chi connectivity index (χ0v) is 16.5. The molecule has 1 saturated heterocycles. The first-order valence-corrected chi connectivity index (χ1v) is 9.65. The van der Waals surface area contributed by atoms with E-state index in [1.807, 2.05) is 37.3 Å². The number of aliphatic hydroxyl groups excluding tert-OH is 1. The van der Waals surface area contributed by atoms with Gasteiger partial charge in [-0.25, -0.2) is 0 Å².